The molecule has 1 unspecified atom stereocenters. The molecule has 1 aliphatic heterocycles. The second-order valence-corrected chi connectivity index (χ2v) is 5.55. The van der Waals surface area contributed by atoms with Crippen molar-refractivity contribution in [1.82, 2.24) is 4.37 Å². The average molecular weight is 273 g/mol. The molecule has 0 bridgehead atoms. The maximum atomic E-state index is 10.2. The highest BCUT2D eigenvalue weighted by Gasteiger charge is 2.32. The molecule has 0 amide bonds. The highest BCUT2D eigenvalue weighted by Crippen LogP contribution is 2.36. The first-order valence-electron chi connectivity index (χ1n) is 5.96. The summed E-state index contributed by atoms with van der Waals surface area (Å²) in [5.41, 5.74) is 4.94. The van der Waals surface area contributed by atoms with E-state index in [2.05, 4.69) is 9.69 Å². The van der Waals surface area contributed by atoms with Crippen LogP contribution in [0.5, 0.6) is 5.75 Å². The quantitative estimate of drug-likeness (QED) is 0.743. The van der Waals surface area contributed by atoms with E-state index in [1.54, 1.807) is 0 Å². The maximum Gasteiger partial charge on any atom is 0.197 e. The summed E-state index contributed by atoms with van der Waals surface area (Å²) in [6.45, 7) is 5.22. The molecule has 7 heteroatoms. The summed E-state index contributed by atoms with van der Waals surface area (Å²) < 4.78 is 14.9. The van der Waals surface area contributed by atoms with Crippen molar-refractivity contribution in [2.24, 2.45) is 0 Å². The third-order valence-corrected chi connectivity index (χ3v) is 3.49. The molecule has 2 heterocycles. The van der Waals surface area contributed by atoms with E-state index in [1.807, 2.05) is 13.8 Å². The number of aliphatic hydroxyl groups is 1. The van der Waals surface area contributed by atoms with Gasteiger partial charge in [-0.3, -0.25) is 0 Å². The molecule has 6 nitrogen and oxygen atoms in total. The second-order valence-electron chi connectivity index (χ2n) is 4.77. The minimum Gasteiger partial charge on any atom is -0.484 e. The number of nitrogen functional groups attached to an aromatic ring is 1. The number of ether oxygens (including phenoxy) is 2. The molecule has 0 saturated carbocycles. The van der Waals surface area contributed by atoms with Crippen LogP contribution in [0.3, 0.4) is 0 Å². The van der Waals surface area contributed by atoms with E-state index >= 15 is 0 Å². The lowest BCUT2D eigenvalue weighted by atomic mass is 10.0. The van der Waals surface area contributed by atoms with Crippen LogP contribution < -0.4 is 15.8 Å². The van der Waals surface area contributed by atoms with Gasteiger partial charge in [0.1, 0.15) is 5.60 Å². The predicted octanol–water partition coefficient (Wildman–Crippen LogP) is 1.08. The Morgan fingerprint density at radius 2 is 2.44 bits per heavy atom. The molecule has 4 N–H and O–H groups in total. The molecule has 102 valence electrons. The molecule has 1 aromatic rings. The van der Waals surface area contributed by atoms with Gasteiger partial charge in [-0.25, -0.2) is 0 Å². The monoisotopic (exact) mass is 273 g/mol. The first kappa shape index (κ1) is 13.4. The lowest BCUT2D eigenvalue weighted by Crippen LogP contribution is -2.37. The molecule has 1 aliphatic rings. The largest absolute Gasteiger partial charge is 0.484 e. The SMILES string of the molecule is CC(C)Oc1c(N)nsc1NCC1(O)CCOC1. The van der Waals surface area contributed by atoms with Crippen molar-refractivity contribution in [3.05, 3.63) is 0 Å². The Hall–Kier alpha value is -1.05. The Labute approximate surface area is 110 Å². The van der Waals surface area contributed by atoms with E-state index in [0.29, 0.717) is 37.7 Å². The van der Waals surface area contributed by atoms with Gasteiger partial charge in [-0.2, -0.15) is 4.37 Å². The number of rotatable bonds is 5. The molecular weight excluding hydrogens is 254 g/mol. The van der Waals surface area contributed by atoms with Crippen LogP contribution in [0.1, 0.15) is 20.3 Å². The van der Waals surface area contributed by atoms with Crippen molar-refractivity contribution in [2.75, 3.05) is 30.8 Å². The normalized spacial score (nSPS) is 23.6. The van der Waals surface area contributed by atoms with Crippen LogP contribution in [-0.4, -0.2) is 40.9 Å². The van der Waals surface area contributed by atoms with E-state index in [1.165, 1.54) is 11.5 Å². The van der Waals surface area contributed by atoms with Crippen molar-refractivity contribution >= 4 is 22.4 Å². The molecular formula is C11H19N3O3S. The van der Waals surface area contributed by atoms with Gasteiger partial charge in [0.05, 0.1) is 12.7 Å². The summed E-state index contributed by atoms with van der Waals surface area (Å²) in [7, 11) is 0. The van der Waals surface area contributed by atoms with Crippen LogP contribution in [0.2, 0.25) is 0 Å². The number of hydrogen-bond donors (Lipinski definition) is 3. The third-order valence-electron chi connectivity index (χ3n) is 2.69. The summed E-state index contributed by atoms with van der Waals surface area (Å²) in [5.74, 6) is 0.948. The zero-order valence-corrected chi connectivity index (χ0v) is 11.4. The van der Waals surface area contributed by atoms with Gasteiger partial charge < -0.3 is 25.6 Å². The molecule has 0 aliphatic carbocycles. The lowest BCUT2D eigenvalue weighted by molar-refractivity contribution is 0.0382. The lowest BCUT2D eigenvalue weighted by Gasteiger charge is -2.21. The first-order chi connectivity index (χ1) is 8.50. The van der Waals surface area contributed by atoms with Gasteiger partial charge in [0, 0.05) is 19.6 Å². The van der Waals surface area contributed by atoms with Gasteiger partial charge in [0.25, 0.3) is 0 Å². The molecule has 1 aromatic heterocycles. The molecule has 1 atom stereocenters. The fourth-order valence-corrected chi connectivity index (χ4v) is 2.38. The number of nitrogens with zero attached hydrogens (tertiary/aromatic N) is 1. The van der Waals surface area contributed by atoms with E-state index < -0.39 is 5.60 Å². The highest BCUT2D eigenvalue weighted by molar-refractivity contribution is 7.11. The minimum absolute atomic E-state index is 0.0298. The molecule has 1 saturated heterocycles. The van der Waals surface area contributed by atoms with Gasteiger partial charge >= 0.3 is 0 Å². The van der Waals surface area contributed by atoms with Crippen molar-refractivity contribution < 1.29 is 14.6 Å². The molecule has 1 fully saturated rings. The zero-order chi connectivity index (χ0) is 13.2. The van der Waals surface area contributed by atoms with Crippen molar-refractivity contribution in [2.45, 2.75) is 32.0 Å². The van der Waals surface area contributed by atoms with Crippen molar-refractivity contribution in [3.8, 4) is 5.75 Å². The Balaban J connectivity index is 2.00. The fraction of sp³-hybridized carbons (Fsp3) is 0.727. The minimum atomic E-state index is -0.812. The van der Waals surface area contributed by atoms with E-state index in [0.717, 1.165) is 5.00 Å². The van der Waals surface area contributed by atoms with Gasteiger partial charge in [-0.1, -0.05) is 0 Å². The average Bonchev–Trinajstić information content (AvgIpc) is 2.86. The first-order valence-corrected chi connectivity index (χ1v) is 6.73. The van der Waals surface area contributed by atoms with E-state index in [9.17, 15) is 5.11 Å². The molecule has 0 aromatic carbocycles. The summed E-state index contributed by atoms with van der Waals surface area (Å²) >= 11 is 1.24. The van der Waals surface area contributed by atoms with E-state index in [-0.39, 0.29) is 6.10 Å². The van der Waals surface area contributed by atoms with Crippen LogP contribution in [0.15, 0.2) is 0 Å². The van der Waals surface area contributed by atoms with Crippen LogP contribution in [-0.2, 0) is 4.74 Å². The second kappa shape index (κ2) is 5.29. The number of aromatic nitrogens is 1. The van der Waals surface area contributed by atoms with Crippen LogP contribution in [0.25, 0.3) is 0 Å². The van der Waals surface area contributed by atoms with Crippen molar-refractivity contribution in [1.29, 1.82) is 0 Å². The predicted molar refractivity (Wildman–Crippen MR) is 71.2 cm³/mol. The zero-order valence-electron chi connectivity index (χ0n) is 10.6. The summed E-state index contributed by atoms with van der Waals surface area (Å²) in [6.07, 6.45) is 0.663. The Morgan fingerprint density at radius 3 is 3.06 bits per heavy atom. The molecule has 0 spiro atoms. The van der Waals surface area contributed by atoms with Gasteiger partial charge in [0.2, 0.25) is 0 Å². The highest BCUT2D eigenvalue weighted by atomic mass is 32.1. The van der Waals surface area contributed by atoms with Crippen LogP contribution in [0, 0.1) is 0 Å². The molecule has 0 radical (unpaired) electrons. The fourth-order valence-electron chi connectivity index (χ4n) is 1.74. The number of nitrogens with one attached hydrogen (secondary N) is 1. The number of nitrogens with two attached hydrogens (primary N) is 1. The van der Waals surface area contributed by atoms with Gasteiger partial charge in [0.15, 0.2) is 16.6 Å². The van der Waals surface area contributed by atoms with Gasteiger partial charge in [-0.15, -0.1) is 0 Å². The Kier molecular flexibility index (Phi) is 3.94. The Morgan fingerprint density at radius 1 is 1.67 bits per heavy atom. The van der Waals surface area contributed by atoms with Crippen molar-refractivity contribution in [3.63, 3.8) is 0 Å². The van der Waals surface area contributed by atoms with Crippen LogP contribution >= 0.6 is 11.5 Å². The summed E-state index contributed by atoms with van der Waals surface area (Å²) in [6, 6.07) is 0. The summed E-state index contributed by atoms with van der Waals surface area (Å²) in [4.78, 5) is 0. The number of anilines is 2. The Bertz CT molecular complexity index is 402. The third kappa shape index (κ3) is 3.04. The number of hydrogen-bond acceptors (Lipinski definition) is 7. The molecule has 18 heavy (non-hydrogen) atoms. The van der Waals surface area contributed by atoms with E-state index in [4.69, 9.17) is 15.2 Å². The smallest absolute Gasteiger partial charge is 0.197 e. The summed E-state index contributed by atoms with van der Waals surface area (Å²) in [5, 5.41) is 14.1. The standard InChI is InChI=1S/C11H19N3O3S/c1-7(2)17-8-9(12)14-18-10(8)13-5-11(15)3-4-16-6-11/h7,13,15H,3-6H2,1-2H3,(H2,12,14). The van der Waals surface area contributed by atoms with Gasteiger partial charge in [-0.05, 0) is 25.4 Å². The molecule has 2 rings (SSSR count). The topological polar surface area (TPSA) is 89.6 Å². The van der Waals surface area contributed by atoms with Crippen LogP contribution in [0.4, 0.5) is 10.8 Å². The maximum absolute atomic E-state index is 10.2.